The van der Waals surface area contributed by atoms with Crippen molar-refractivity contribution in [1.29, 1.82) is 0 Å². The van der Waals surface area contributed by atoms with Gasteiger partial charge in [-0.05, 0) is 6.42 Å². The first kappa shape index (κ1) is 14.5. The van der Waals surface area contributed by atoms with Crippen molar-refractivity contribution in [2.45, 2.75) is 13.3 Å². The third-order valence-electron chi connectivity index (χ3n) is 2.84. The molecule has 2 aromatic heterocycles. The standard InChI is InChI=1S/C12H17ClN6O/c1-4-5-18(7-11(20)17(2)3)10-6-9(13)16-12-14-8-15-19(10)12/h6,8H,4-5,7H2,1-3H3. The second-order valence-electron chi connectivity index (χ2n) is 4.62. The summed E-state index contributed by atoms with van der Waals surface area (Å²) in [6, 6.07) is 1.70. The second kappa shape index (κ2) is 6.04. The Morgan fingerprint density at radius 3 is 2.85 bits per heavy atom. The summed E-state index contributed by atoms with van der Waals surface area (Å²) < 4.78 is 1.59. The molecule has 0 radical (unpaired) electrons. The highest BCUT2D eigenvalue weighted by Gasteiger charge is 2.17. The molecular weight excluding hydrogens is 280 g/mol. The topological polar surface area (TPSA) is 66.6 Å². The van der Waals surface area contributed by atoms with Gasteiger partial charge in [0.15, 0.2) is 0 Å². The van der Waals surface area contributed by atoms with Gasteiger partial charge < -0.3 is 9.80 Å². The van der Waals surface area contributed by atoms with Crippen molar-refractivity contribution in [2.75, 3.05) is 32.1 Å². The molecule has 8 heteroatoms. The van der Waals surface area contributed by atoms with Crippen LogP contribution in [0.25, 0.3) is 5.78 Å². The van der Waals surface area contributed by atoms with Gasteiger partial charge >= 0.3 is 0 Å². The molecule has 1 amide bonds. The third-order valence-corrected chi connectivity index (χ3v) is 3.04. The van der Waals surface area contributed by atoms with Crippen LogP contribution in [0.15, 0.2) is 12.4 Å². The van der Waals surface area contributed by atoms with E-state index in [1.807, 2.05) is 4.90 Å². The Morgan fingerprint density at radius 2 is 2.20 bits per heavy atom. The highest BCUT2D eigenvalue weighted by Crippen LogP contribution is 2.19. The molecule has 0 aliphatic rings. The number of carbonyl (C=O) groups excluding carboxylic acids is 1. The number of amides is 1. The lowest BCUT2D eigenvalue weighted by Gasteiger charge is -2.25. The molecule has 20 heavy (non-hydrogen) atoms. The zero-order chi connectivity index (χ0) is 14.7. The average Bonchev–Trinajstić information content (AvgIpc) is 2.84. The predicted molar refractivity (Wildman–Crippen MR) is 77.0 cm³/mol. The number of anilines is 1. The van der Waals surface area contributed by atoms with E-state index in [1.165, 1.54) is 6.33 Å². The molecule has 0 N–H and O–H groups in total. The summed E-state index contributed by atoms with van der Waals surface area (Å²) >= 11 is 6.01. The maximum Gasteiger partial charge on any atom is 0.255 e. The molecule has 2 rings (SSSR count). The molecule has 2 heterocycles. The Morgan fingerprint density at radius 1 is 1.45 bits per heavy atom. The normalized spacial score (nSPS) is 10.8. The average molecular weight is 297 g/mol. The van der Waals surface area contributed by atoms with E-state index in [-0.39, 0.29) is 12.5 Å². The van der Waals surface area contributed by atoms with Crippen LogP contribution in [-0.2, 0) is 4.79 Å². The minimum absolute atomic E-state index is 0.0136. The number of halogens is 1. The van der Waals surface area contributed by atoms with Crippen LogP contribution in [0.2, 0.25) is 5.15 Å². The van der Waals surface area contributed by atoms with Crippen molar-refractivity contribution in [1.82, 2.24) is 24.5 Å². The molecule has 0 saturated carbocycles. The fourth-order valence-corrected chi connectivity index (χ4v) is 2.02. The molecule has 0 aliphatic carbocycles. The van der Waals surface area contributed by atoms with Gasteiger partial charge in [-0.2, -0.15) is 19.6 Å². The van der Waals surface area contributed by atoms with E-state index >= 15 is 0 Å². The van der Waals surface area contributed by atoms with E-state index in [0.717, 1.165) is 18.8 Å². The van der Waals surface area contributed by atoms with E-state index in [0.29, 0.717) is 10.9 Å². The Kier molecular flexibility index (Phi) is 4.39. The molecule has 0 unspecified atom stereocenters. The number of hydrogen-bond acceptors (Lipinski definition) is 5. The zero-order valence-electron chi connectivity index (χ0n) is 11.7. The van der Waals surface area contributed by atoms with Gasteiger partial charge in [-0.1, -0.05) is 18.5 Å². The maximum absolute atomic E-state index is 12.0. The van der Waals surface area contributed by atoms with Gasteiger partial charge in [0.25, 0.3) is 5.78 Å². The first-order valence-corrected chi connectivity index (χ1v) is 6.72. The Hall–Kier alpha value is -1.89. The SMILES string of the molecule is CCCN(CC(=O)N(C)C)c1cc(Cl)nc2ncnn12. The number of rotatable bonds is 5. The van der Waals surface area contributed by atoms with Crippen LogP contribution in [0.1, 0.15) is 13.3 Å². The lowest BCUT2D eigenvalue weighted by atomic mass is 10.3. The zero-order valence-corrected chi connectivity index (χ0v) is 12.5. The summed E-state index contributed by atoms with van der Waals surface area (Å²) in [7, 11) is 3.47. The van der Waals surface area contributed by atoms with Crippen molar-refractivity contribution >= 4 is 29.1 Å². The third kappa shape index (κ3) is 2.98. The summed E-state index contributed by atoms with van der Waals surface area (Å²) in [5, 5.41) is 4.47. The number of fused-ring (bicyclic) bond motifs is 1. The molecule has 7 nitrogen and oxygen atoms in total. The fraction of sp³-hybridized carbons (Fsp3) is 0.500. The summed E-state index contributed by atoms with van der Waals surface area (Å²) in [6.45, 7) is 3.03. The summed E-state index contributed by atoms with van der Waals surface area (Å²) in [6.07, 6.45) is 2.32. The first-order valence-electron chi connectivity index (χ1n) is 6.34. The van der Waals surface area contributed by atoms with Gasteiger partial charge in [0.1, 0.15) is 17.3 Å². The molecule has 0 bridgehead atoms. The van der Waals surface area contributed by atoms with Crippen molar-refractivity contribution < 1.29 is 4.79 Å². The predicted octanol–water partition coefficient (Wildman–Crippen LogP) is 1.08. The second-order valence-corrected chi connectivity index (χ2v) is 5.01. The largest absolute Gasteiger partial charge is 0.347 e. The van der Waals surface area contributed by atoms with Gasteiger partial charge in [0.05, 0.1) is 6.54 Å². The minimum atomic E-state index is 0.0136. The Balaban J connectivity index is 2.40. The molecule has 108 valence electrons. The molecule has 0 atom stereocenters. The summed E-state index contributed by atoms with van der Waals surface area (Å²) in [5.41, 5.74) is 0. The smallest absolute Gasteiger partial charge is 0.255 e. The number of nitrogens with zero attached hydrogens (tertiary/aromatic N) is 6. The molecule has 0 fully saturated rings. The molecule has 0 aromatic carbocycles. The molecule has 2 aromatic rings. The number of hydrogen-bond donors (Lipinski definition) is 0. The summed E-state index contributed by atoms with van der Waals surface area (Å²) in [5.74, 6) is 1.15. The monoisotopic (exact) mass is 296 g/mol. The maximum atomic E-state index is 12.0. The molecular formula is C12H17ClN6O. The van der Waals surface area contributed by atoms with Crippen LogP contribution >= 0.6 is 11.6 Å². The van der Waals surface area contributed by atoms with E-state index in [1.54, 1.807) is 29.6 Å². The van der Waals surface area contributed by atoms with Gasteiger partial charge in [0.2, 0.25) is 5.91 Å². The van der Waals surface area contributed by atoms with Crippen LogP contribution in [0.4, 0.5) is 5.82 Å². The Bertz CT molecular complexity index is 611. The quantitative estimate of drug-likeness (QED) is 0.773. The Labute approximate surface area is 122 Å². The van der Waals surface area contributed by atoms with E-state index < -0.39 is 0 Å². The molecule has 0 aliphatic heterocycles. The lowest BCUT2D eigenvalue weighted by molar-refractivity contribution is -0.127. The number of carbonyl (C=O) groups is 1. The molecule has 0 spiro atoms. The van der Waals surface area contributed by atoms with Crippen molar-refractivity contribution in [3.05, 3.63) is 17.5 Å². The van der Waals surface area contributed by atoms with Crippen LogP contribution in [0, 0.1) is 0 Å². The van der Waals surface area contributed by atoms with Crippen molar-refractivity contribution in [3.8, 4) is 0 Å². The van der Waals surface area contributed by atoms with Gasteiger partial charge in [-0.25, -0.2) is 0 Å². The van der Waals surface area contributed by atoms with Crippen molar-refractivity contribution in [3.63, 3.8) is 0 Å². The van der Waals surface area contributed by atoms with Crippen LogP contribution in [0.5, 0.6) is 0 Å². The van der Waals surface area contributed by atoms with Gasteiger partial charge in [-0.15, -0.1) is 0 Å². The first-order chi connectivity index (χ1) is 9.52. The van der Waals surface area contributed by atoms with Gasteiger partial charge in [-0.3, -0.25) is 4.79 Å². The van der Waals surface area contributed by atoms with Crippen LogP contribution in [0.3, 0.4) is 0 Å². The lowest BCUT2D eigenvalue weighted by Crippen LogP contribution is -2.38. The van der Waals surface area contributed by atoms with E-state index in [9.17, 15) is 4.79 Å². The highest BCUT2D eigenvalue weighted by molar-refractivity contribution is 6.29. The highest BCUT2D eigenvalue weighted by atomic mass is 35.5. The molecule has 0 saturated heterocycles. The van der Waals surface area contributed by atoms with Gasteiger partial charge in [0, 0.05) is 26.7 Å². The van der Waals surface area contributed by atoms with E-state index in [4.69, 9.17) is 11.6 Å². The van der Waals surface area contributed by atoms with E-state index in [2.05, 4.69) is 22.0 Å². The summed E-state index contributed by atoms with van der Waals surface area (Å²) in [4.78, 5) is 23.6. The van der Waals surface area contributed by atoms with Crippen LogP contribution < -0.4 is 4.90 Å². The fourth-order valence-electron chi connectivity index (χ4n) is 1.84. The van der Waals surface area contributed by atoms with Crippen molar-refractivity contribution in [2.24, 2.45) is 0 Å². The van der Waals surface area contributed by atoms with Crippen LogP contribution in [-0.4, -0.2) is 57.6 Å². The number of likely N-dealkylation sites (N-methyl/N-ethyl adjacent to an activating group) is 1. The number of aromatic nitrogens is 4. The minimum Gasteiger partial charge on any atom is -0.347 e.